The van der Waals surface area contributed by atoms with Crippen LogP contribution in [0.1, 0.15) is 22.3 Å². The molecule has 0 aliphatic carbocycles. The Morgan fingerprint density at radius 3 is 2.45 bits per heavy atom. The van der Waals surface area contributed by atoms with Crippen LogP contribution in [-0.4, -0.2) is 5.11 Å². The van der Waals surface area contributed by atoms with Crippen molar-refractivity contribution in [3.63, 3.8) is 0 Å². The van der Waals surface area contributed by atoms with Crippen LogP contribution in [0.3, 0.4) is 0 Å². The van der Waals surface area contributed by atoms with E-state index in [0.29, 0.717) is 11.1 Å². The maximum Gasteiger partial charge on any atom is 0.137 e. The van der Waals surface area contributed by atoms with E-state index in [1.54, 1.807) is 6.07 Å². The monoisotopic (exact) mass is 338 g/mol. The first kappa shape index (κ1) is 15.0. The second-order valence-corrected chi connectivity index (χ2v) is 5.51. The standard InChI is InChI=1S/C16H16BrFO2/c1-10-6-12(8-19)7-11(2)16(10)20-9-13-4-3-5-14(18)15(13)17/h3-7,19H,8-9H2,1-2H3. The minimum Gasteiger partial charge on any atom is -0.488 e. The van der Waals surface area contributed by atoms with Gasteiger partial charge in [0.2, 0.25) is 0 Å². The highest BCUT2D eigenvalue weighted by Gasteiger charge is 2.09. The molecule has 0 unspecified atom stereocenters. The number of rotatable bonds is 4. The Morgan fingerprint density at radius 1 is 1.20 bits per heavy atom. The Labute approximate surface area is 126 Å². The first-order valence-corrected chi connectivity index (χ1v) is 7.09. The van der Waals surface area contributed by atoms with E-state index >= 15 is 0 Å². The second-order valence-electron chi connectivity index (χ2n) is 4.72. The van der Waals surface area contributed by atoms with Gasteiger partial charge in [0, 0.05) is 5.56 Å². The second kappa shape index (κ2) is 6.37. The molecule has 1 N–H and O–H groups in total. The van der Waals surface area contributed by atoms with Crippen molar-refractivity contribution in [3.8, 4) is 5.75 Å². The molecular weight excluding hydrogens is 323 g/mol. The summed E-state index contributed by atoms with van der Waals surface area (Å²) in [7, 11) is 0. The lowest BCUT2D eigenvalue weighted by atomic mass is 10.1. The van der Waals surface area contributed by atoms with Gasteiger partial charge in [-0.15, -0.1) is 0 Å². The predicted molar refractivity (Wildman–Crippen MR) is 80.3 cm³/mol. The van der Waals surface area contributed by atoms with Crippen molar-refractivity contribution in [1.82, 2.24) is 0 Å². The predicted octanol–water partition coefficient (Wildman–Crippen LogP) is 4.28. The fourth-order valence-corrected chi connectivity index (χ4v) is 2.55. The van der Waals surface area contributed by atoms with E-state index < -0.39 is 0 Å². The van der Waals surface area contributed by atoms with Crippen LogP contribution >= 0.6 is 15.9 Å². The first-order valence-electron chi connectivity index (χ1n) is 6.29. The summed E-state index contributed by atoms with van der Waals surface area (Å²) in [6.07, 6.45) is 0. The van der Waals surface area contributed by atoms with Gasteiger partial charge >= 0.3 is 0 Å². The summed E-state index contributed by atoms with van der Waals surface area (Å²) < 4.78 is 19.7. The summed E-state index contributed by atoms with van der Waals surface area (Å²) in [6, 6.07) is 8.67. The molecule has 2 nitrogen and oxygen atoms in total. The van der Waals surface area contributed by atoms with Gasteiger partial charge in [0.05, 0.1) is 11.1 Å². The zero-order valence-electron chi connectivity index (χ0n) is 11.4. The topological polar surface area (TPSA) is 29.5 Å². The van der Waals surface area contributed by atoms with Crippen LogP contribution in [0.5, 0.6) is 5.75 Å². The molecule has 2 aromatic rings. The molecule has 0 saturated carbocycles. The lowest BCUT2D eigenvalue weighted by Crippen LogP contribution is -2.01. The van der Waals surface area contributed by atoms with Crippen LogP contribution in [0.25, 0.3) is 0 Å². The molecule has 0 heterocycles. The van der Waals surface area contributed by atoms with Crippen LogP contribution in [-0.2, 0) is 13.2 Å². The molecule has 0 radical (unpaired) electrons. The van der Waals surface area contributed by atoms with E-state index in [1.807, 2.05) is 32.0 Å². The molecule has 0 aliphatic rings. The van der Waals surface area contributed by atoms with Gasteiger partial charge in [0.25, 0.3) is 0 Å². The third-order valence-corrected chi connectivity index (χ3v) is 3.99. The van der Waals surface area contributed by atoms with E-state index in [2.05, 4.69) is 15.9 Å². The number of ether oxygens (including phenoxy) is 1. The van der Waals surface area contributed by atoms with Crippen molar-refractivity contribution in [1.29, 1.82) is 0 Å². The van der Waals surface area contributed by atoms with E-state index in [4.69, 9.17) is 9.84 Å². The van der Waals surface area contributed by atoms with Crippen LogP contribution in [0, 0.1) is 19.7 Å². The molecule has 0 spiro atoms. The van der Waals surface area contributed by atoms with Crippen molar-refractivity contribution in [2.75, 3.05) is 0 Å². The van der Waals surface area contributed by atoms with Gasteiger partial charge in [-0.25, -0.2) is 4.39 Å². The number of benzene rings is 2. The molecule has 0 bridgehead atoms. The molecule has 0 aliphatic heterocycles. The van der Waals surface area contributed by atoms with Crippen molar-refractivity contribution >= 4 is 15.9 Å². The molecule has 0 fully saturated rings. The smallest absolute Gasteiger partial charge is 0.137 e. The van der Waals surface area contributed by atoms with Crippen molar-refractivity contribution in [2.45, 2.75) is 27.1 Å². The summed E-state index contributed by atoms with van der Waals surface area (Å²) >= 11 is 3.23. The lowest BCUT2D eigenvalue weighted by Gasteiger charge is -2.14. The minimum absolute atomic E-state index is 0.0113. The van der Waals surface area contributed by atoms with E-state index in [1.165, 1.54) is 6.07 Å². The lowest BCUT2D eigenvalue weighted by molar-refractivity contribution is 0.280. The third kappa shape index (κ3) is 3.19. The van der Waals surface area contributed by atoms with Crippen molar-refractivity contribution < 1.29 is 14.2 Å². The number of halogens is 2. The molecule has 4 heteroatoms. The van der Waals surface area contributed by atoms with Gasteiger partial charge in [-0.3, -0.25) is 0 Å². The molecule has 2 aromatic carbocycles. The molecule has 0 saturated heterocycles. The summed E-state index contributed by atoms with van der Waals surface area (Å²) in [5.41, 5.74) is 3.54. The maximum absolute atomic E-state index is 13.4. The Hall–Kier alpha value is -1.39. The average molecular weight is 339 g/mol. The summed E-state index contributed by atoms with van der Waals surface area (Å²) in [4.78, 5) is 0. The van der Waals surface area contributed by atoms with Gasteiger partial charge in [-0.2, -0.15) is 0 Å². The van der Waals surface area contributed by atoms with Gasteiger partial charge in [0.1, 0.15) is 18.2 Å². The Kier molecular flexibility index (Phi) is 4.78. The summed E-state index contributed by atoms with van der Waals surface area (Å²) in [5, 5.41) is 9.16. The van der Waals surface area contributed by atoms with Gasteiger partial charge in [-0.1, -0.05) is 24.3 Å². The van der Waals surface area contributed by atoms with Crippen molar-refractivity contribution in [3.05, 3.63) is 62.9 Å². The van der Waals surface area contributed by atoms with Gasteiger partial charge in [0.15, 0.2) is 0 Å². The molecule has 20 heavy (non-hydrogen) atoms. The largest absolute Gasteiger partial charge is 0.488 e. The summed E-state index contributed by atoms with van der Waals surface area (Å²) in [5.74, 6) is 0.480. The van der Waals surface area contributed by atoms with Crippen molar-refractivity contribution in [2.24, 2.45) is 0 Å². The number of aryl methyl sites for hydroxylation is 2. The molecule has 106 valence electrons. The highest BCUT2D eigenvalue weighted by atomic mass is 79.9. The molecule has 2 rings (SSSR count). The number of hydrogen-bond donors (Lipinski definition) is 1. The van der Waals surface area contributed by atoms with Gasteiger partial charge < -0.3 is 9.84 Å². The first-order chi connectivity index (χ1) is 9.52. The van der Waals surface area contributed by atoms with Gasteiger partial charge in [-0.05, 0) is 52.5 Å². The highest BCUT2D eigenvalue weighted by Crippen LogP contribution is 2.27. The van der Waals surface area contributed by atoms with Crippen LogP contribution < -0.4 is 4.74 Å². The third-order valence-electron chi connectivity index (χ3n) is 3.11. The number of aliphatic hydroxyl groups is 1. The zero-order chi connectivity index (χ0) is 14.7. The van der Waals surface area contributed by atoms with Crippen LogP contribution in [0.4, 0.5) is 4.39 Å². The fourth-order valence-electron chi connectivity index (χ4n) is 2.17. The van der Waals surface area contributed by atoms with E-state index in [0.717, 1.165) is 28.0 Å². The minimum atomic E-state index is -0.296. The SMILES string of the molecule is Cc1cc(CO)cc(C)c1OCc1cccc(F)c1Br. The van der Waals surface area contributed by atoms with Crippen LogP contribution in [0.2, 0.25) is 0 Å². The zero-order valence-corrected chi connectivity index (χ0v) is 13.0. The Balaban J connectivity index is 2.21. The quantitative estimate of drug-likeness (QED) is 0.901. The molecule has 0 atom stereocenters. The summed E-state index contributed by atoms with van der Waals surface area (Å²) in [6.45, 7) is 4.17. The number of hydrogen-bond acceptors (Lipinski definition) is 2. The Bertz CT molecular complexity index is 603. The van der Waals surface area contributed by atoms with E-state index in [9.17, 15) is 4.39 Å². The van der Waals surface area contributed by atoms with E-state index in [-0.39, 0.29) is 12.4 Å². The normalized spacial score (nSPS) is 10.7. The maximum atomic E-state index is 13.4. The Morgan fingerprint density at radius 2 is 1.85 bits per heavy atom. The van der Waals surface area contributed by atoms with Crippen LogP contribution in [0.15, 0.2) is 34.8 Å². The molecular formula is C16H16BrFO2. The highest BCUT2D eigenvalue weighted by molar-refractivity contribution is 9.10. The molecule has 0 aromatic heterocycles. The molecule has 0 amide bonds. The average Bonchev–Trinajstić information content (AvgIpc) is 2.42. The fraction of sp³-hybridized carbons (Fsp3) is 0.250. The number of aliphatic hydroxyl groups excluding tert-OH is 1.